The fraction of sp³-hybridized carbons (Fsp3) is 0.800. The Hall–Kier alpha value is -2.80. The first kappa shape index (κ1) is 45.9. The van der Waals surface area contributed by atoms with E-state index in [1.165, 1.54) is 19.2 Å². The van der Waals surface area contributed by atoms with Gasteiger partial charge >= 0.3 is 0 Å². The Labute approximate surface area is 331 Å². The number of nitro groups is 1. The Bertz CT molecular complexity index is 1480. The van der Waals surface area contributed by atoms with Gasteiger partial charge in [-0.3, -0.25) is 19.7 Å². The fourth-order valence-corrected chi connectivity index (χ4v) is 8.79. The molecular formula is C40H66N4O12. The quantitative estimate of drug-likeness (QED) is 0.210. The first-order valence-electron chi connectivity index (χ1n) is 19.8. The molecule has 1 aromatic rings. The van der Waals surface area contributed by atoms with Crippen LogP contribution < -0.4 is 5.32 Å². The lowest BCUT2D eigenvalue weighted by Gasteiger charge is -2.49. The molecular weight excluding hydrogens is 728 g/mol. The average molecular weight is 795 g/mol. The highest BCUT2D eigenvalue weighted by Crippen LogP contribution is 2.39. The van der Waals surface area contributed by atoms with E-state index in [9.17, 15) is 35.0 Å². The molecule has 2 amide bonds. The van der Waals surface area contributed by atoms with Gasteiger partial charge in [0.25, 0.3) is 5.69 Å². The van der Waals surface area contributed by atoms with Crippen LogP contribution in [0.5, 0.6) is 0 Å². The predicted molar refractivity (Wildman–Crippen MR) is 206 cm³/mol. The molecule has 318 valence electrons. The van der Waals surface area contributed by atoms with Crippen molar-refractivity contribution in [2.45, 2.75) is 153 Å². The van der Waals surface area contributed by atoms with E-state index in [2.05, 4.69) is 5.32 Å². The molecule has 3 aliphatic heterocycles. The molecule has 0 saturated carbocycles. The van der Waals surface area contributed by atoms with Crippen molar-refractivity contribution in [1.82, 2.24) is 15.1 Å². The molecule has 3 fully saturated rings. The van der Waals surface area contributed by atoms with Crippen LogP contribution in [-0.2, 0) is 39.7 Å². The van der Waals surface area contributed by atoms with E-state index < -0.39 is 83.0 Å². The number of aliphatic hydroxyl groups is 3. The number of hydrogen-bond acceptors (Lipinski definition) is 13. The van der Waals surface area contributed by atoms with E-state index in [1.54, 1.807) is 51.8 Å². The largest absolute Gasteiger partial charge is 0.387 e. The van der Waals surface area contributed by atoms with E-state index in [-0.39, 0.29) is 55.3 Å². The molecule has 0 spiro atoms. The second-order valence-electron chi connectivity index (χ2n) is 17.3. The Morgan fingerprint density at radius 1 is 1.04 bits per heavy atom. The van der Waals surface area contributed by atoms with E-state index in [4.69, 9.17) is 23.7 Å². The molecule has 0 aromatic heterocycles. The molecule has 56 heavy (non-hydrogen) atoms. The molecule has 3 aliphatic rings. The zero-order valence-corrected chi connectivity index (χ0v) is 34.9. The molecule has 4 rings (SSSR count). The van der Waals surface area contributed by atoms with Gasteiger partial charge in [-0.2, -0.15) is 0 Å². The minimum Gasteiger partial charge on any atom is -0.387 e. The van der Waals surface area contributed by atoms with Gasteiger partial charge in [-0.15, -0.1) is 0 Å². The van der Waals surface area contributed by atoms with Crippen molar-refractivity contribution in [2.75, 3.05) is 34.8 Å². The first-order chi connectivity index (χ1) is 26.1. The van der Waals surface area contributed by atoms with Crippen LogP contribution in [0.2, 0.25) is 0 Å². The maximum Gasteiger partial charge on any atom is 0.269 e. The number of nitrogens with zero attached hydrogens (tertiary/aromatic N) is 3. The van der Waals surface area contributed by atoms with Crippen molar-refractivity contribution in [3.8, 4) is 0 Å². The molecule has 3 saturated heterocycles. The minimum absolute atomic E-state index is 0.0443. The van der Waals surface area contributed by atoms with Gasteiger partial charge in [0.1, 0.15) is 12.2 Å². The van der Waals surface area contributed by atoms with E-state index >= 15 is 0 Å². The van der Waals surface area contributed by atoms with Crippen molar-refractivity contribution in [2.24, 2.45) is 17.8 Å². The molecule has 0 radical (unpaired) electrons. The molecule has 16 heteroatoms. The molecule has 16 nitrogen and oxygen atoms in total. The summed E-state index contributed by atoms with van der Waals surface area (Å²) in [4.78, 5) is 42.5. The number of non-ortho nitro benzene ring substituents is 1. The number of benzene rings is 1. The van der Waals surface area contributed by atoms with Gasteiger partial charge < -0.3 is 54.1 Å². The van der Waals surface area contributed by atoms with Crippen LogP contribution in [0, 0.1) is 27.9 Å². The number of aliphatic hydroxyl groups excluding tert-OH is 2. The summed E-state index contributed by atoms with van der Waals surface area (Å²) in [7, 11) is 6.93. The highest BCUT2D eigenvalue weighted by molar-refractivity contribution is 5.81. The maximum absolute atomic E-state index is 14.5. The van der Waals surface area contributed by atoms with E-state index in [0.29, 0.717) is 18.5 Å². The summed E-state index contributed by atoms with van der Waals surface area (Å²) in [6, 6.07) is 5.03. The Morgan fingerprint density at radius 2 is 1.68 bits per heavy atom. The third-order valence-electron chi connectivity index (χ3n) is 12.0. The summed E-state index contributed by atoms with van der Waals surface area (Å²) in [5.74, 6) is -2.56. The third-order valence-corrected chi connectivity index (χ3v) is 12.0. The van der Waals surface area contributed by atoms with Gasteiger partial charge in [-0.25, -0.2) is 0 Å². The number of methoxy groups -OCH3 is 1. The van der Waals surface area contributed by atoms with Gasteiger partial charge in [0, 0.05) is 63.7 Å². The van der Waals surface area contributed by atoms with Gasteiger partial charge in [0.2, 0.25) is 11.8 Å². The number of nitro benzene ring substituents is 1. The zero-order valence-electron chi connectivity index (χ0n) is 34.9. The number of carbonyl (C=O) groups excluding carboxylic acids is 2. The molecule has 1 aromatic carbocycles. The van der Waals surface area contributed by atoms with E-state index in [0.717, 1.165) is 0 Å². The second-order valence-corrected chi connectivity index (χ2v) is 17.3. The number of hydrogen-bond donors (Lipinski definition) is 4. The number of amides is 2. The molecule has 0 aliphatic carbocycles. The topological polar surface area (TPSA) is 203 Å². The summed E-state index contributed by atoms with van der Waals surface area (Å²) >= 11 is 0. The molecule has 0 unspecified atom stereocenters. The summed E-state index contributed by atoms with van der Waals surface area (Å²) < 4.78 is 31.6. The summed E-state index contributed by atoms with van der Waals surface area (Å²) in [5.41, 5.74) is -1.99. The molecule has 4 N–H and O–H groups in total. The van der Waals surface area contributed by atoms with Crippen LogP contribution in [0.4, 0.5) is 5.69 Å². The van der Waals surface area contributed by atoms with Crippen molar-refractivity contribution in [1.29, 1.82) is 0 Å². The number of ether oxygens (including phenoxy) is 5. The SMILES string of the molecule is CO[C@]1(C)C[C@H](O[C@H]2[C@H](C)[C@@H](O[C@@H]3O[C@H](C)C[C@H](N(C)C)[C@H]3O)[C@](C)(O)C[C@@H](C)CN(C)C(=O)C[C@@H](Cc3ccc([N+](=O)[O-])cc3)NC(=O)[C@@H]2C)O[C@@H](C)[C@@H]1O. The van der Waals surface area contributed by atoms with Gasteiger partial charge in [0.15, 0.2) is 12.6 Å². The van der Waals surface area contributed by atoms with Crippen molar-refractivity contribution in [3.63, 3.8) is 0 Å². The lowest BCUT2D eigenvalue weighted by atomic mass is 9.77. The predicted octanol–water partition coefficient (Wildman–Crippen LogP) is 2.63. The van der Waals surface area contributed by atoms with Crippen LogP contribution in [0.3, 0.4) is 0 Å². The fourth-order valence-electron chi connectivity index (χ4n) is 8.79. The summed E-state index contributed by atoms with van der Waals surface area (Å²) in [6.07, 6.45) is -6.05. The Morgan fingerprint density at radius 3 is 2.27 bits per heavy atom. The third kappa shape index (κ3) is 11.0. The Balaban J connectivity index is 1.78. The van der Waals surface area contributed by atoms with Crippen molar-refractivity contribution >= 4 is 17.5 Å². The van der Waals surface area contributed by atoms with Crippen LogP contribution in [-0.4, -0.2) is 149 Å². The highest BCUT2D eigenvalue weighted by atomic mass is 16.7. The average Bonchev–Trinajstić information content (AvgIpc) is 3.11. The monoisotopic (exact) mass is 794 g/mol. The summed E-state index contributed by atoms with van der Waals surface area (Å²) in [5, 5.41) is 49.3. The lowest BCUT2D eigenvalue weighted by Crippen LogP contribution is -2.61. The lowest BCUT2D eigenvalue weighted by molar-refractivity contribution is -0.384. The van der Waals surface area contributed by atoms with Gasteiger partial charge in [-0.1, -0.05) is 32.9 Å². The van der Waals surface area contributed by atoms with Crippen LogP contribution in [0.25, 0.3) is 0 Å². The Kier molecular flexibility index (Phi) is 15.4. The molecule has 3 heterocycles. The first-order valence-corrected chi connectivity index (χ1v) is 19.8. The highest BCUT2D eigenvalue weighted by Gasteiger charge is 2.51. The maximum atomic E-state index is 14.5. The standard InChI is InChI=1S/C40H66N4O12/c1-22-19-39(6,49)36(56-38-33(46)30(42(8)9)16-23(2)53-38)24(3)34(55-32-20-40(7,52-11)35(47)26(5)54-32)25(4)37(48)41-28(18-31(45)43(10)21-22)17-27-12-14-29(15-13-27)44(50)51/h12-15,22-26,28,30,32-36,38,46-47,49H,16-21H2,1-11H3,(H,41,48)/t22-,23-,24+,25-,26+,28-,30+,32+,33-,34+,35+,36-,38+,39-,40-/m1/s1. The summed E-state index contributed by atoms with van der Waals surface area (Å²) in [6.45, 7) is 12.8. The minimum atomic E-state index is -1.58. The van der Waals surface area contributed by atoms with E-state index in [1.807, 2.05) is 39.8 Å². The van der Waals surface area contributed by atoms with Gasteiger partial charge in [-0.05, 0) is 72.5 Å². The second kappa shape index (κ2) is 18.9. The normalized spacial score (nSPS) is 40.9. The molecule has 15 atom stereocenters. The number of nitrogens with one attached hydrogen (secondary N) is 1. The van der Waals surface area contributed by atoms with Crippen molar-refractivity contribution < 1.29 is 53.5 Å². The van der Waals surface area contributed by atoms with Crippen LogP contribution in [0.1, 0.15) is 79.7 Å². The van der Waals surface area contributed by atoms with Crippen LogP contribution >= 0.6 is 0 Å². The smallest absolute Gasteiger partial charge is 0.269 e. The molecule has 0 bridgehead atoms. The zero-order chi connectivity index (χ0) is 41.9. The number of carbonyl (C=O) groups is 2. The van der Waals surface area contributed by atoms with Gasteiger partial charge in [0.05, 0.1) is 46.5 Å². The van der Waals surface area contributed by atoms with Crippen LogP contribution in [0.15, 0.2) is 24.3 Å². The van der Waals surface area contributed by atoms with Crippen molar-refractivity contribution in [3.05, 3.63) is 39.9 Å². The number of likely N-dealkylation sites (N-methyl/N-ethyl adjacent to an activating group) is 1. The number of rotatable bonds is 9.